The van der Waals surface area contributed by atoms with Crippen molar-refractivity contribution in [3.05, 3.63) is 23.0 Å². The lowest BCUT2D eigenvalue weighted by Crippen LogP contribution is -2.38. The van der Waals surface area contributed by atoms with Crippen LogP contribution in [0.4, 0.5) is 17.6 Å². The van der Waals surface area contributed by atoms with Crippen molar-refractivity contribution in [1.82, 2.24) is 20.1 Å². The highest BCUT2D eigenvalue weighted by Crippen LogP contribution is 2.32. The highest BCUT2D eigenvalue weighted by Gasteiger charge is 2.24. The quantitative estimate of drug-likeness (QED) is 0.805. The zero-order valence-corrected chi connectivity index (χ0v) is 14.3. The van der Waals surface area contributed by atoms with Gasteiger partial charge in [0.05, 0.1) is 11.1 Å². The summed E-state index contributed by atoms with van der Waals surface area (Å²) in [4.78, 5) is 16.1. The van der Waals surface area contributed by atoms with Crippen molar-refractivity contribution in [2.75, 3.05) is 0 Å². The highest BCUT2D eigenvalue weighted by molar-refractivity contribution is 5.84. The van der Waals surface area contributed by atoms with Gasteiger partial charge in [0.2, 0.25) is 5.91 Å². The minimum Gasteiger partial charge on any atom is -0.352 e. The molecule has 0 atom stereocenters. The highest BCUT2D eigenvalue weighted by atomic mass is 19.3. The SMILES string of the molecule is Cc1nn(CC(=O)NC2CCCCC2)c2nc(C(F)F)cc(C(F)F)c12. The number of hydrogen-bond acceptors (Lipinski definition) is 3. The van der Waals surface area contributed by atoms with Crippen LogP contribution in [-0.4, -0.2) is 26.7 Å². The van der Waals surface area contributed by atoms with Gasteiger partial charge in [0.15, 0.2) is 5.65 Å². The molecule has 2 aromatic rings. The Kier molecular flexibility index (Phi) is 5.43. The van der Waals surface area contributed by atoms with E-state index in [9.17, 15) is 22.4 Å². The number of hydrogen-bond donors (Lipinski definition) is 1. The smallest absolute Gasteiger partial charge is 0.280 e. The molecule has 0 unspecified atom stereocenters. The van der Waals surface area contributed by atoms with Gasteiger partial charge < -0.3 is 5.32 Å². The number of alkyl halides is 4. The summed E-state index contributed by atoms with van der Waals surface area (Å²) in [5, 5.41) is 7.00. The second-order valence-corrected chi connectivity index (χ2v) is 6.58. The number of rotatable bonds is 5. The summed E-state index contributed by atoms with van der Waals surface area (Å²) in [5.41, 5.74) is -1.17. The predicted octanol–water partition coefficient (Wildman–Crippen LogP) is 4.06. The second-order valence-electron chi connectivity index (χ2n) is 6.58. The fourth-order valence-electron chi connectivity index (χ4n) is 3.46. The summed E-state index contributed by atoms with van der Waals surface area (Å²) in [5.74, 6) is -0.329. The second kappa shape index (κ2) is 7.59. The fourth-order valence-corrected chi connectivity index (χ4v) is 3.46. The van der Waals surface area contributed by atoms with E-state index in [1.807, 2.05) is 0 Å². The molecular weight excluding hydrogens is 352 g/mol. The molecule has 0 aromatic carbocycles. The van der Waals surface area contributed by atoms with Gasteiger partial charge in [0.25, 0.3) is 12.9 Å². The van der Waals surface area contributed by atoms with E-state index in [-0.39, 0.29) is 35.2 Å². The standard InChI is InChI=1S/C17H20F4N4O/c1-9-14-11(15(18)19)7-12(16(20)21)23-17(14)25(24-9)8-13(26)22-10-5-3-2-4-6-10/h7,10,15-16H,2-6,8H2,1H3,(H,22,26). The molecule has 1 aliphatic rings. The van der Waals surface area contributed by atoms with E-state index in [1.54, 1.807) is 0 Å². The van der Waals surface area contributed by atoms with Crippen molar-refractivity contribution in [3.8, 4) is 0 Å². The molecule has 1 fully saturated rings. The van der Waals surface area contributed by atoms with Crippen LogP contribution in [0.15, 0.2) is 6.07 Å². The number of nitrogens with zero attached hydrogens (tertiary/aromatic N) is 3. The van der Waals surface area contributed by atoms with E-state index in [4.69, 9.17) is 0 Å². The Balaban J connectivity index is 1.91. The monoisotopic (exact) mass is 372 g/mol. The zero-order valence-electron chi connectivity index (χ0n) is 14.3. The molecule has 9 heteroatoms. The fraction of sp³-hybridized carbons (Fsp3) is 0.588. The minimum absolute atomic E-state index is 0.0230. The minimum atomic E-state index is -2.99. The van der Waals surface area contributed by atoms with Gasteiger partial charge in [0.1, 0.15) is 12.2 Å². The van der Waals surface area contributed by atoms with Crippen LogP contribution < -0.4 is 5.32 Å². The Morgan fingerprint density at radius 2 is 1.92 bits per heavy atom. The first kappa shape index (κ1) is 18.6. The maximum Gasteiger partial charge on any atom is 0.280 e. The third kappa shape index (κ3) is 3.81. The Morgan fingerprint density at radius 3 is 2.54 bits per heavy atom. The molecule has 0 spiro atoms. The van der Waals surface area contributed by atoms with Crippen LogP contribution in [0.2, 0.25) is 0 Å². The van der Waals surface area contributed by atoms with Crippen molar-refractivity contribution < 1.29 is 22.4 Å². The molecule has 5 nitrogen and oxygen atoms in total. The number of aromatic nitrogens is 3. The van der Waals surface area contributed by atoms with Crippen LogP contribution in [-0.2, 0) is 11.3 Å². The van der Waals surface area contributed by atoms with Crippen molar-refractivity contribution in [2.45, 2.75) is 64.5 Å². The van der Waals surface area contributed by atoms with Gasteiger partial charge in [-0.1, -0.05) is 19.3 Å². The van der Waals surface area contributed by atoms with Crippen LogP contribution in [0.3, 0.4) is 0 Å². The number of pyridine rings is 1. The normalized spacial score (nSPS) is 16.0. The Morgan fingerprint density at radius 1 is 1.23 bits per heavy atom. The lowest BCUT2D eigenvalue weighted by atomic mass is 9.95. The molecule has 2 aromatic heterocycles. The maximum absolute atomic E-state index is 13.3. The van der Waals surface area contributed by atoms with Gasteiger partial charge in [-0.2, -0.15) is 5.10 Å². The first-order valence-electron chi connectivity index (χ1n) is 8.60. The first-order valence-corrected chi connectivity index (χ1v) is 8.60. The van der Waals surface area contributed by atoms with Crippen LogP contribution in [0, 0.1) is 6.92 Å². The van der Waals surface area contributed by atoms with Crippen LogP contribution in [0.5, 0.6) is 0 Å². The average molecular weight is 372 g/mol. The molecule has 1 amide bonds. The summed E-state index contributed by atoms with van der Waals surface area (Å²) < 4.78 is 53.8. The number of fused-ring (bicyclic) bond motifs is 1. The van der Waals surface area contributed by atoms with E-state index in [0.29, 0.717) is 6.07 Å². The summed E-state index contributed by atoms with van der Waals surface area (Å²) >= 11 is 0. The zero-order chi connectivity index (χ0) is 18.8. The topological polar surface area (TPSA) is 59.8 Å². The van der Waals surface area contributed by atoms with Crippen molar-refractivity contribution in [3.63, 3.8) is 0 Å². The Hall–Kier alpha value is -2.19. The number of amides is 1. The first-order chi connectivity index (χ1) is 12.4. The van der Waals surface area contributed by atoms with E-state index in [1.165, 1.54) is 6.92 Å². The van der Waals surface area contributed by atoms with Gasteiger partial charge in [-0.25, -0.2) is 27.2 Å². The van der Waals surface area contributed by atoms with Crippen LogP contribution >= 0.6 is 0 Å². The van der Waals surface area contributed by atoms with E-state index >= 15 is 0 Å². The molecule has 1 N–H and O–H groups in total. The molecule has 1 aliphatic carbocycles. The molecule has 0 bridgehead atoms. The van der Waals surface area contributed by atoms with Crippen molar-refractivity contribution in [2.24, 2.45) is 0 Å². The van der Waals surface area contributed by atoms with Crippen molar-refractivity contribution in [1.29, 1.82) is 0 Å². The number of carbonyl (C=O) groups excluding carboxylic acids is 1. The molecule has 0 saturated heterocycles. The Bertz CT molecular complexity index is 800. The number of nitrogens with one attached hydrogen (secondary N) is 1. The average Bonchev–Trinajstić information content (AvgIpc) is 2.90. The third-order valence-corrected chi connectivity index (χ3v) is 4.65. The van der Waals surface area contributed by atoms with Gasteiger partial charge in [0, 0.05) is 11.6 Å². The summed E-state index contributed by atoms with van der Waals surface area (Å²) in [7, 11) is 0. The summed E-state index contributed by atoms with van der Waals surface area (Å²) in [6.45, 7) is 1.25. The van der Waals surface area contributed by atoms with E-state index in [2.05, 4.69) is 15.4 Å². The number of aryl methyl sites for hydroxylation is 1. The molecule has 142 valence electrons. The van der Waals surface area contributed by atoms with Gasteiger partial charge >= 0.3 is 0 Å². The molecule has 2 heterocycles. The molecular formula is C17H20F4N4O. The van der Waals surface area contributed by atoms with Gasteiger partial charge in [-0.3, -0.25) is 4.79 Å². The lowest BCUT2D eigenvalue weighted by molar-refractivity contribution is -0.122. The predicted molar refractivity (Wildman–Crippen MR) is 87.2 cm³/mol. The number of halogens is 4. The summed E-state index contributed by atoms with van der Waals surface area (Å²) in [6, 6.07) is 0.791. The maximum atomic E-state index is 13.3. The van der Waals surface area contributed by atoms with E-state index in [0.717, 1.165) is 36.8 Å². The van der Waals surface area contributed by atoms with Gasteiger partial charge in [-0.05, 0) is 25.8 Å². The molecule has 0 radical (unpaired) electrons. The number of carbonyl (C=O) groups is 1. The van der Waals surface area contributed by atoms with E-state index < -0.39 is 24.1 Å². The summed E-state index contributed by atoms with van der Waals surface area (Å²) in [6.07, 6.45) is -0.895. The van der Waals surface area contributed by atoms with Crippen molar-refractivity contribution >= 4 is 16.9 Å². The molecule has 0 aliphatic heterocycles. The van der Waals surface area contributed by atoms with Crippen LogP contribution in [0.1, 0.15) is 61.9 Å². The lowest BCUT2D eigenvalue weighted by Gasteiger charge is -2.22. The molecule has 1 saturated carbocycles. The molecule has 26 heavy (non-hydrogen) atoms. The van der Waals surface area contributed by atoms with Gasteiger partial charge in [-0.15, -0.1) is 0 Å². The largest absolute Gasteiger partial charge is 0.352 e. The molecule has 3 rings (SSSR count). The Labute approximate surface area is 147 Å². The third-order valence-electron chi connectivity index (χ3n) is 4.65. The van der Waals surface area contributed by atoms with Crippen LogP contribution in [0.25, 0.3) is 11.0 Å².